The molecule has 1 aromatic rings. The fourth-order valence-corrected chi connectivity index (χ4v) is 1.27. The summed E-state index contributed by atoms with van der Waals surface area (Å²) in [5.41, 5.74) is 4.56. The normalized spacial score (nSPS) is 14.7. The van der Waals surface area contributed by atoms with Crippen LogP contribution in [-0.4, -0.2) is 17.5 Å². The number of allylic oxidation sites excluding steroid dienone is 4. The summed E-state index contributed by atoms with van der Waals surface area (Å²) >= 11 is 0. The number of hydrogen-bond acceptors (Lipinski definition) is 4. The maximum absolute atomic E-state index is 10.8. The number of carbonyl (C=O) groups excluding carboxylic acids is 1. The molecule has 0 saturated heterocycles. The molecule has 1 N–H and O–H groups in total. The molecule has 1 aliphatic rings. The SMILES string of the molecule is O=CC1=C(c2ccccn2)C=CC=NN1. The van der Waals surface area contributed by atoms with E-state index < -0.39 is 0 Å². The summed E-state index contributed by atoms with van der Waals surface area (Å²) in [4.78, 5) is 15.0. The largest absolute Gasteiger partial charge is 0.296 e. The Hall–Kier alpha value is -2.23. The Bertz CT molecular complexity index is 446. The first kappa shape index (κ1) is 9.33. The molecule has 1 aromatic heterocycles. The van der Waals surface area contributed by atoms with Crippen LogP contribution in [-0.2, 0) is 4.79 Å². The number of rotatable bonds is 2. The number of aldehydes is 1. The molecular formula is C11H9N3O. The molecule has 0 fully saturated rings. The smallest absolute Gasteiger partial charge is 0.168 e. The van der Waals surface area contributed by atoms with Gasteiger partial charge in [0.2, 0.25) is 0 Å². The molecule has 0 saturated carbocycles. The highest BCUT2D eigenvalue weighted by Crippen LogP contribution is 2.16. The van der Waals surface area contributed by atoms with Gasteiger partial charge in [-0.25, -0.2) is 0 Å². The van der Waals surface area contributed by atoms with Gasteiger partial charge in [-0.1, -0.05) is 6.07 Å². The van der Waals surface area contributed by atoms with E-state index >= 15 is 0 Å². The van der Waals surface area contributed by atoms with Crippen LogP contribution in [0.5, 0.6) is 0 Å². The Balaban J connectivity index is 2.49. The van der Waals surface area contributed by atoms with Crippen LogP contribution in [0.2, 0.25) is 0 Å². The fourth-order valence-electron chi connectivity index (χ4n) is 1.27. The van der Waals surface area contributed by atoms with E-state index in [4.69, 9.17) is 0 Å². The molecule has 0 atom stereocenters. The first-order valence-corrected chi connectivity index (χ1v) is 4.48. The van der Waals surface area contributed by atoms with Crippen LogP contribution in [0.3, 0.4) is 0 Å². The fraction of sp³-hybridized carbons (Fsp3) is 0. The topological polar surface area (TPSA) is 54.4 Å². The van der Waals surface area contributed by atoms with E-state index in [0.717, 1.165) is 17.6 Å². The molecule has 2 heterocycles. The zero-order chi connectivity index (χ0) is 10.5. The molecule has 0 aromatic carbocycles. The van der Waals surface area contributed by atoms with Crippen molar-refractivity contribution in [2.75, 3.05) is 0 Å². The van der Waals surface area contributed by atoms with E-state index in [1.807, 2.05) is 18.2 Å². The second-order valence-electron chi connectivity index (χ2n) is 2.91. The van der Waals surface area contributed by atoms with Crippen LogP contribution in [0, 0.1) is 0 Å². The third-order valence-electron chi connectivity index (χ3n) is 1.96. The van der Waals surface area contributed by atoms with Crippen molar-refractivity contribution in [1.82, 2.24) is 10.4 Å². The summed E-state index contributed by atoms with van der Waals surface area (Å²) in [6.07, 6.45) is 7.56. The van der Waals surface area contributed by atoms with Gasteiger partial charge in [0.15, 0.2) is 6.29 Å². The Morgan fingerprint density at radius 2 is 2.27 bits per heavy atom. The van der Waals surface area contributed by atoms with Crippen molar-refractivity contribution < 1.29 is 4.79 Å². The number of aromatic nitrogens is 1. The average molecular weight is 199 g/mol. The predicted octanol–water partition coefficient (Wildman–Crippen LogP) is 1.14. The van der Waals surface area contributed by atoms with Gasteiger partial charge < -0.3 is 0 Å². The molecule has 0 radical (unpaired) electrons. The highest BCUT2D eigenvalue weighted by atomic mass is 16.1. The summed E-state index contributed by atoms with van der Waals surface area (Å²) < 4.78 is 0. The third-order valence-corrected chi connectivity index (χ3v) is 1.96. The van der Waals surface area contributed by atoms with Crippen LogP contribution in [0.4, 0.5) is 0 Å². The van der Waals surface area contributed by atoms with Crippen molar-refractivity contribution in [2.24, 2.45) is 5.10 Å². The lowest BCUT2D eigenvalue weighted by Crippen LogP contribution is -2.08. The van der Waals surface area contributed by atoms with Gasteiger partial charge in [0.25, 0.3) is 0 Å². The zero-order valence-corrected chi connectivity index (χ0v) is 7.92. The molecule has 0 bridgehead atoms. The maximum Gasteiger partial charge on any atom is 0.168 e. The monoisotopic (exact) mass is 199 g/mol. The maximum atomic E-state index is 10.8. The molecule has 2 rings (SSSR count). The van der Waals surface area contributed by atoms with Gasteiger partial charge in [0.05, 0.1) is 5.69 Å². The molecule has 0 spiro atoms. The molecule has 0 amide bonds. The number of nitrogens with one attached hydrogen (secondary N) is 1. The lowest BCUT2D eigenvalue weighted by atomic mass is 10.1. The highest BCUT2D eigenvalue weighted by Gasteiger charge is 2.07. The summed E-state index contributed by atoms with van der Waals surface area (Å²) in [5.74, 6) is 0. The van der Waals surface area contributed by atoms with E-state index in [1.54, 1.807) is 24.6 Å². The number of nitrogens with zero attached hydrogens (tertiary/aromatic N) is 2. The van der Waals surface area contributed by atoms with Crippen molar-refractivity contribution in [3.05, 3.63) is 47.9 Å². The Morgan fingerprint density at radius 3 is 3.00 bits per heavy atom. The van der Waals surface area contributed by atoms with E-state index in [-0.39, 0.29) is 0 Å². The minimum atomic E-state index is 0.415. The molecule has 4 heteroatoms. The first-order chi connectivity index (χ1) is 7.42. The summed E-state index contributed by atoms with van der Waals surface area (Å²) in [6, 6.07) is 5.54. The van der Waals surface area contributed by atoms with E-state index in [0.29, 0.717) is 5.70 Å². The van der Waals surface area contributed by atoms with Gasteiger partial charge in [-0.15, -0.1) is 0 Å². The molecule has 4 nitrogen and oxygen atoms in total. The lowest BCUT2D eigenvalue weighted by Gasteiger charge is -2.04. The third kappa shape index (κ3) is 1.99. The average Bonchev–Trinajstić information content (AvgIpc) is 2.55. The Labute approximate surface area is 87.0 Å². The molecule has 15 heavy (non-hydrogen) atoms. The van der Waals surface area contributed by atoms with Crippen molar-refractivity contribution in [2.45, 2.75) is 0 Å². The second kappa shape index (κ2) is 4.32. The quantitative estimate of drug-likeness (QED) is 0.726. The van der Waals surface area contributed by atoms with Crippen LogP contribution in [0.15, 0.2) is 47.3 Å². The second-order valence-corrected chi connectivity index (χ2v) is 2.91. The predicted molar refractivity (Wildman–Crippen MR) is 58.0 cm³/mol. The summed E-state index contributed by atoms with van der Waals surface area (Å²) in [7, 11) is 0. The zero-order valence-electron chi connectivity index (χ0n) is 7.92. The lowest BCUT2D eigenvalue weighted by molar-refractivity contribution is -0.105. The van der Waals surface area contributed by atoms with Crippen molar-refractivity contribution in [1.29, 1.82) is 0 Å². The van der Waals surface area contributed by atoms with Gasteiger partial charge in [-0.2, -0.15) is 5.10 Å². The van der Waals surface area contributed by atoms with E-state index in [2.05, 4.69) is 15.5 Å². The van der Waals surface area contributed by atoms with Gasteiger partial charge in [0, 0.05) is 18.0 Å². The Morgan fingerprint density at radius 1 is 1.33 bits per heavy atom. The van der Waals surface area contributed by atoms with Crippen molar-refractivity contribution in [3.8, 4) is 0 Å². The van der Waals surface area contributed by atoms with Gasteiger partial charge in [-0.05, 0) is 24.3 Å². The summed E-state index contributed by atoms with van der Waals surface area (Å²) in [5, 5.41) is 3.82. The summed E-state index contributed by atoms with van der Waals surface area (Å²) in [6.45, 7) is 0. The van der Waals surface area contributed by atoms with Crippen LogP contribution < -0.4 is 5.43 Å². The highest BCUT2D eigenvalue weighted by molar-refractivity contribution is 5.93. The molecule has 1 aliphatic heterocycles. The Kier molecular flexibility index (Phi) is 2.69. The number of carbonyl (C=O) groups is 1. The standard InChI is InChI=1S/C11H9N3O/c15-8-11-9(4-3-7-13-14-11)10-5-1-2-6-12-10/h1-8,14H. The molecule has 74 valence electrons. The minimum absolute atomic E-state index is 0.415. The number of hydrogen-bond donors (Lipinski definition) is 1. The molecule has 0 unspecified atom stereocenters. The van der Waals surface area contributed by atoms with Crippen LogP contribution >= 0.6 is 0 Å². The molecular weight excluding hydrogens is 190 g/mol. The van der Waals surface area contributed by atoms with Crippen molar-refractivity contribution >= 4 is 18.1 Å². The van der Waals surface area contributed by atoms with Gasteiger partial charge in [0.1, 0.15) is 5.70 Å². The van der Waals surface area contributed by atoms with Crippen LogP contribution in [0.1, 0.15) is 5.69 Å². The van der Waals surface area contributed by atoms with Crippen molar-refractivity contribution in [3.63, 3.8) is 0 Å². The number of hydrazone groups is 1. The molecule has 0 aliphatic carbocycles. The van der Waals surface area contributed by atoms with Gasteiger partial charge >= 0.3 is 0 Å². The first-order valence-electron chi connectivity index (χ1n) is 4.48. The minimum Gasteiger partial charge on any atom is -0.296 e. The number of pyridine rings is 1. The van der Waals surface area contributed by atoms with Gasteiger partial charge in [-0.3, -0.25) is 15.2 Å². The van der Waals surface area contributed by atoms with E-state index in [9.17, 15) is 4.79 Å². The van der Waals surface area contributed by atoms with E-state index in [1.165, 1.54) is 0 Å². The van der Waals surface area contributed by atoms with Crippen LogP contribution in [0.25, 0.3) is 5.57 Å².